The van der Waals surface area contributed by atoms with Crippen molar-refractivity contribution >= 4 is 39.3 Å². The lowest BCUT2D eigenvalue weighted by molar-refractivity contribution is 0.102. The summed E-state index contributed by atoms with van der Waals surface area (Å²) in [6, 6.07) is 6.08. The average molecular weight is 413 g/mol. The van der Waals surface area contributed by atoms with Crippen molar-refractivity contribution in [2.24, 2.45) is 7.05 Å². The minimum absolute atomic E-state index is 0.237. The third-order valence-electron chi connectivity index (χ3n) is 3.21. The van der Waals surface area contributed by atoms with Crippen molar-refractivity contribution in [2.75, 3.05) is 5.32 Å². The van der Waals surface area contributed by atoms with E-state index in [1.165, 1.54) is 16.8 Å². The normalized spacial score (nSPS) is 10.8. The predicted octanol–water partition coefficient (Wildman–Crippen LogP) is 3.47. The largest absolute Gasteiger partial charge is 0.302 e. The van der Waals surface area contributed by atoms with Crippen molar-refractivity contribution in [3.05, 3.63) is 63.2 Å². The number of amides is 1. The van der Waals surface area contributed by atoms with Crippen LogP contribution in [0.5, 0.6) is 0 Å². The zero-order valence-corrected chi connectivity index (χ0v) is 14.8. The zero-order valence-electron chi connectivity index (χ0n) is 12.5. The van der Waals surface area contributed by atoms with E-state index in [1.54, 1.807) is 36.3 Å². The molecule has 3 aromatic rings. The summed E-state index contributed by atoms with van der Waals surface area (Å²) in [4.78, 5) is 12.2. The minimum Gasteiger partial charge on any atom is -0.302 e. The predicted molar refractivity (Wildman–Crippen MR) is 91.6 cm³/mol. The molecule has 0 spiro atoms. The first-order valence-electron chi connectivity index (χ1n) is 6.90. The van der Waals surface area contributed by atoms with Gasteiger partial charge in [-0.15, -0.1) is 0 Å². The van der Waals surface area contributed by atoms with Crippen molar-refractivity contribution in [3.63, 3.8) is 0 Å². The smallest absolute Gasteiger partial charge is 0.278 e. The highest BCUT2D eigenvalue weighted by Crippen LogP contribution is 2.22. The molecule has 0 radical (unpaired) electrons. The fraction of sp³-hybridized carbons (Fsp3) is 0.133. The quantitative estimate of drug-likeness (QED) is 0.713. The average Bonchev–Trinajstić information content (AvgIpc) is 3.04. The zero-order chi connectivity index (χ0) is 17.3. The lowest BCUT2D eigenvalue weighted by Crippen LogP contribution is -2.14. The standard InChI is InChI=1S/C15H12BrClFN5O/c1-22-7-11(16)13(20-22)15(24)19-14-12(17)8-23(21-14)6-9-2-4-10(18)5-3-9/h2-5,7-8H,6H2,1H3,(H,19,21,24). The number of carbonyl (C=O) groups is 1. The summed E-state index contributed by atoms with van der Waals surface area (Å²) in [5, 5.41) is 11.2. The van der Waals surface area contributed by atoms with Gasteiger partial charge in [0.1, 0.15) is 10.8 Å². The highest BCUT2D eigenvalue weighted by Gasteiger charge is 2.17. The van der Waals surface area contributed by atoms with Gasteiger partial charge in [-0.3, -0.25) is 14.2 Å². The molecule has 0 aliphatic rings. The second-order valence-electron chi connectivity index (χ2n) is 5.10. The highest BCUT2D eigenvalue weighted by molar-refractivity contribution is 9.10. The van der Waals surface area contributed by atoms with Crippen LogP contribution in [0.15, 0.2) is 41.1 Å². The first kappa shape index (κ1) is 16.7. The number of aryl methyl sites for hydroxylation is 1. The Labute approximate surface area is 150 Å². The maximum absolute atomic E-state index is 12.9. The Morgan fingerprint density at radius 2 is 2.00 bits per heavy atom. The van der Waals surface area contributed by atoms with E-state index in [0.29, 0.717) is 16.0 Å². The summed E-state index contributed by atoms with van der Waals surface area (Å²) in [7, 11) is 1.71. The van der Waals surface area contributed by atoms with E-state index < -0.39 is 5.91 Å². The number of nitrogens with one attached hydrogen (secondary N) is 1. The van der Waals surface area contributed by atoms with Gasteiger partial charge in [0.25, 0.3) is 5.91 Å². The molecular weight excluding hydrogens is 401 g/mol. The van der Waals surface area contributed by atoms with Crippen molar-refractivity contribution < 1.29 is 9.18 Å². The molecule has 2 heterocycles. The molecule has 124 valence electrons. The number of hydrogen-bond donors (Lipinski definition) is 1. The number of rotatable bonds is 4. The van der Waals surface area contributed by atoms with Gasteiger partial charge < -0.3 is 5.32 Å². The number of halogens is 3. The summed E-state index contributed by atoms with van der Waals surface area (Å²) in [5.41, 5.74) is 1.10. The molecule has 3 rings (SSSR count). The maximum atomic E-state index is 12.9. The Balaban J connectivity index is 1.75. The van der Waals surface area contributed by atoms with Crippen LogP contribution < -0.4 is 5.32 Å². The molecule has 0 bridgehead atoms. The first-order chi connectivity index (χ1) is 11.4. The molecule has 24 heavy (non-hydrogen) atoms. The van der Waals surface area contributed by atoms with E-state index in [4.69, 9.17) is 11.6 Å². The van der Waals surface area contributed by atoms with Crippen molar-refractivity contribution in [1.82, 2.24) is 19.6 Å². The lowest BCUT2D eigenvalue weighted by Gasteiger charge is -2.02. The molecule has 0 fully saturated rings. The summed E-state index contributed by atoms with van der Waals surface area (Å²) < 4.78 is 16.6. The Hall–Kier alpha value is -2.19. The summed E-state index contributed by atoms with van der Waals surface area (Å²) in [6.45, 7) is 0.406. The Kier molecular flexibility index (Phi) is 4.68. The van der Waals surface area contributed by atoms with E-state index in [0.717, 1.165) is 5.56 Å². The number of carbonyl (C=O) groups excluding carboxylic acids is 1. The molecule has 0 saturated carbocycles. The van der Waals surface area contributed by atoms with Gasteiger partial charge in [0.15, 0.2) is 11.5 Å². The van der Waals surface area contributed by atoms with E-state index in [-0.39, 0.29) is 17.3 Å². The number of aromatic nitrogens is 4. The summed E-state index contributed by atoms with van der Waals surface area (Å²) in [6.07, 6.45) is 3.26. The maximum Gasteiger partial charge on any atom is 0.278 e. The van der Waals surface area contributed by atoms with Gasteiger partial charge in [-0.25, -0.2) is 4.39 Å². The van der Waals surface area contributed by atoms with E-state index in [2.05, 4.69) is 31.4 Å². The van der Waals surface area contributed by atoms with Crippen LogP contribution in [0, 0.1) is 5.82 Å². The Morgan fingerprint density at radius 1 is 1.29 bits per heavy atom. The van der Waals surface area contributed by atoms with Gasteiger partial charge in [0, 0.05) is 19.4 Å². The van der Waals surface area contributed by atoms with E-state index >= 15 is 0 Å². The summed E-state index contributed by atoms with van der Waals surface area (Å²) in [5.74, 6) is -0.483. The second-order valence-corrected chi connectivity index (χ2v) is 6.36. The van der Waals surface area contributed by atoms with Gasteiger partial charge in [-0.2, -0.15) is 10.2 Å². The third kappa shape index (κ3) is 3.65. The van der Waals surface area contributed by atoms with Crippen molar-refractivity contribution in [2.45, 2.75) is 6.54 Å². The molecule has 1 amide bonds. The molecule has 0 saturated heterocycles. The van der Waals surface area contributed by atoms with Crippen molar-refractivity contribution in [1.29, 1.82) is 0 Å². The van der Waals surface area contributed by atoms with Crippen LogP contribution >= 0.6 is 27.5 Å². The van der Waals surface area contributed by atoms with Crippen LogP contribution in [-0.2, 0) is 13.6 Å². The first-order valence-corrected chi connectivity index (χ1v) is 8.07. The number of anilines is 1. The second kappa shape index (κ2) is 6.74. The van der Waals surface area contributed by atoms with Crippen LogP contribution in [0.2, 0.25) is 5.02 Å². The van der Waals surface area contributed by atoms with Crippen LogP contribution in [0.1, 0.15) is 16.1 Å². The SMILES string of the molecule is Cn1cc(Br)c(C(=O)Nc2nn(Cc3ccc(F)cc3)cc2Cl)n1. The van der Waals surface area contributed by atoms with Gasteiger partial charge in [0.2, 0.25) is 0 Å². The van der Waals surface area contributed by atoms with E-state index in [1.807, 2.05) is 0 Å². The third-order valence-corrected chi connectivity index (χ3v) is 4.06. The highest BCUT2D eigenvalue weighted by atomic mass is 79.9. The fourth-order valence-electron chi connectivity index (χ4n) is 2.12. The molecule has 1 aromatic carbocycles. The lowest BCUT2D eigenvalue weighted by atomic mass is 10.2. The van der Waals surface area contributed by atoms with Gasteiger partial charge in [0.05, 0.1) is 11.0 Å². The molecule has 0 aliphatic heterocycles. The van der Waals surface area contributed by atoms with Crippen molar-refractivity contribution in [3.8, 4) is 0 Å². The Morgan fingerprint density at radius 3 is 2.62 bits per heavy atom. The molecule has 0 unspecified atom stereocenters. The molecule has 2 aromatic heterocycles. The number of hydrogen-bond acceptors (Lipinski definition) is 3. The molecule has 9 heteroatoms. The summed E-state index contributed by atoms with van der Waals surface area (Å²) >= 11 is 9.39. The monoisotopic (exact) mass is 411 g/mol. The number of nitrogens with zero attached hydrogens (tertiary/aromatic N) is 4. The molecule has 6 nitrogen and oxygen atoms in total. The van der Waals surface area contributed by atoms with Crippen LogP contribution in [0.4, 0.5) is 10.2 Å². The molecule has 0 atom stereocenters. The van der Waals surface area contributed by atoms with Gasteiger partial charge in [-0.05, 0) is 33.6 Å². The number of benzene rings is 1. The van der Waals surface area contributed by atoms with E-state index in [9.17, 15) is 9.18 Å². The minimum atomic E-state index is -0.420. The molecule has 1 N–H and O–H groups in total. The molecular formula is C15H12BrClFN5O. The van der Waals surface area contributed by atoms with Crippen LogP contribution in [0.25, 0.3) is 0 Å². The van der Waals surface area contributed by atoms with Gasteiger partial charge in [-0.1, -0.05) is 23.7 Å². The molecule has 0 aliphatic carbocycles. The fourth-order valence-corrected chi connectivity index (χ4v) is 2.87. The van der Waals surface area contributed by atoms with Gasteiger partial charge >= 0.3 is 0 Å². The Bertz CT molecular complexity index is 890. The van der Waals surface area contributed by atoms with Crippen LogP contribution in [-0.4, -0.2) is 25.5 Å². The topological polar surface area (TPSA) is 64.7 Å². The van der Waals surface area contributed by atoms with Crippen LogP contribution in [0.3, 0.4) is 0 Å².